The fraction of sp³-hybridized carbons (Fsp3) is 0.762. The molecular formula is C21H37ClN4O6. The highest BCUT2D eigenvalue weighted by Gasteiger charge is 2.38. The first-order valence-electron chi connectivity index (χ1n) is 10.5. The number of hydrogen-bond donors (Lipinski definition) is 1. The Morgan fingerprint density at radius 3 is 1.88 bits per heavy atom. The summed E-state index contributed by atoms with van der Waals surface area (Å²) in [5.41, 5.74) is -0.591. The van der Waals surface area contributed by atoms with Crippen molar-refractivity contribution < 1.29 is 28.7 Å². The molecule has 0 aliphatic carbocycles. The molecule has 184 valence electrons. The fourth-order valence-electron chi connectivity index (χ4n) is 3.40. The van der Waals surface area contributed by atoms with Gasteiger partial charge >= 0.3 is 6.09 Å². The lowest BCUT2D eigenvalue weighted by atomic mass is 10.2. The number of ketones is 2. The van der Waals surface area contributed by atoms with Crippen molar-refractivity contribution in [2.45, 2.75) is 65.1 Å². The number of likely N-dealkylation sites (tertiary alicyclic amines) is 2. The molecular weight excluding hydrogens is 440 g/mol. The molecule has 0 bridgehead atoms. The number of carbonyl (C=O) groups excluding carboxylic acids is 5. The molecule has 2 saturated heterocycles. The average molecular weight is 477 g/mol. The number of halogens is 1. The van der Waals surface area contributed by atoms with E-state index in [1.807, 2.05) is 0 Å². The van der Waals surface area contributed by atoms with Gasteiger partial charge in [0.25, 0.3) is 0 Å². The van der Waals surface area contributed by atoms with Crippen molar-refractivity contribution in [1.29, 1.82) is 0 Å². The summed E-state index contributed by atoms with van der Waals surface area (Å²) >= 11 is 0. The van der Waals surface area contributed by atoms with Gasteiger partial charge in [0.05, 0.1) is 19.1 Å². The van der Waals surface area contributed by atoms with Crippen LogP contribution in [0.3, 0.4) is 0 Å². The van der Waals surface area contributed by atoms with E-state index in [1.54, 1.807) is 39.8 Å². The summed E-state index contributed by atoms with van der Waals surface area (Å²) in [6.45, 7) is 9.83. The number of amides is 3. The number of carbonyl (C=O) groups is 5. The Morgan fingerprint density at radius 2 is 1.47 bits per heavy atom. The van der Waals surface area contributed by atoms with Gasteiger partial charge < -0.3 is 19.9 Å². The first-order chi connectivity index (χ1) is 14.3. The number of hydrogen-bond acceptors (Lipinski definition) is 7. The first kappa shape index (κ1) is 29.8. The van der Waals surface area contributed by atoms with Gasteiger partial charge in [-0.25, -0.2) is 4.79 Å². The van der Waals surface area contributed by atoms with Crippen LogP contribution in [0.2, 0.25) is 0 Å². The standard InChI is InChI=1S/C13H22N2O4.C8H14N2O2.ClH/c1-9(16)8-15-7-6-10(11(15)17)14(5)12(18)19-13(2,3)4;1-6(11)5-10-4-3-7(9-2)8(10)12;/h10H,6-8H2,1-5H3;7,9H,3-5H2,1-2H3;1H. The van der Waals surface area contributed by atoms with Crippen LogP contribution in [0, 0.1) is 0 Å². The lowest BCUT2D eigenvalue weighted by Gasteiger charge is -2.27. The van der Waals surface area contributed by atoms with E-state index in [0.29, 0.717) is 19.5 Å². The molecule has 2 aliphatic heterocycles. The van der Waals surface area contributed by atoms with Crippen LogP contribution in [0.4, 0.5) is 4.79 Å². The molecule has 11 heteroatoms. The number of ether oxygens (including phenoxy) is 1. The maximum absolute atomic E-state index is 12.1. The second-order valence-corrected chi connectivity index (χ2v) is 8.95. The zero-order chi connectivity index (χ0) is 23.9. The summed E-state index contributed by atoms with van der Waals surface area (Å²) in [4.78, 5) is 61.5. The summed E-state index contributed by atoms with van der Waals surface area (Å²) in [5, 5.41) is 2.91. The Balaban J connectivity index is 0.000000639. The quantitative estimate of drug-likeness (QED) is 0.604. The van der Waals surface area contributed by atoms with Crippen LogP contribution in [-0.4, -0.2) is 102 Å². The topological polar surface area (TPSA) is 116 Å². The number of nitrogens with zero attached hydrogens (tertiary/aromatic N) is 3. The molecule has 1 N–H and O–H groups in total. The molecule has 2 heterocycles. The second-order valence-electron chi connectivity index (χ2n) is 8.95. The third-order valence-corrected chi connectivity index (χ3v) is 4.89. The molecule has 0 radical (unpaired) electrons. The molecule has 2 rings (SSSR count). The summed E-state index contributed by atoms with van der Waals surface area (Å²) in [5.74, 6) is -0.162. The second kappa shape index (κ2) is 12.7. The van der Waals surface area contributed by atoms with Gasteiger partial charge in [-0.2, -0.15) is 0 Å². The Kier molecular flexibility index (Phi) is 11.9. The van der Waals surface area contributed by atoms with E-state index in [4.69, 9.17) is 4.74 Å². The molecule has 0 saturated carbocycles. The lowest BCUT2D eigenvalue weighted by molar-refractivity contribution is -0.134. The SMILES string of the molecule is CC(=O)CN1CCC(N(C)C(=O)OC(C)(C)C)C1=O.CNC1CCN(CC(C)=O)C1=O.Cl. The summed E-state index contributed by atoms with van der Waals surface area (Å²) in [7, 11) is 3.31. The monoisotopic (exact) mass is 476 g/mol. The van der Waals surface area contributed by atoms with E-state index in [9.17, 15) is 24.0 Å². The number of Topliss-reactive ketones (excluding diaryl/α,β-unsaturated/α-hetero) is 2. The number of nitrogens with one attached hydrogen (secondary N) is 1. The van der Waals surface area contributed by atoms with Gasteiger partial charge in [0.15, 0.2) is 0 Å². The van der Waals surface area contributed by atoms with Crippen molar-refractivity contribution >= 4 is 41.9 Å². The zero-order valence-corrected chi connectivity index (χ0v) is 20.9. The van der Waals surface area contributed by atoms with Gasteiger partial charge in [0.1, 0.15) is 23.2 Å². The molecule has 32 heavy (non-hydrogen) atoms. The maximum Gasteiger partial charge on any atom is 0.410 e. The normalized spacial score (nSPS) is 20.3. The van der Waals surface area contributed by atoms with E-state index in [0.717, 1.165) is 6.42 Å². The Morgan fingerprint density at radius 1 is 1.00 bits per heavy atom. The van der Waals surface area contributed by atoms with Gasteiger partial charge in [0, 0.05) is 20.1 Å². The third-order valence-electron chi connectivity index (χ3n) is 4.89. The van der Waals surface area contributed by atoms with E-state index >= 15 is 0 Å². The van der Waals surface area contributed by atoms with Gasteiger partial charge in [-0.15, -0.1) is 12.4 Å². The maximum atomic E-state index is 12.1. The molecule has 3 amide bonds. The van der Waals surface area contributed by atoms with Crippen LogP contribution < -0.4 is 5.32 Å². The molecule has 2 atom stereocenters. The van der Waals surface area contributed by atoms with Crippen LogP contribution in [0.25, 0.3) is 0 Å². The Hall–Kier alpha value is -2.20. The Bertz CT molecular complexity index is 709. The first-order valence-corrected chi connectivity index (χ1v) is 10.5. The van der Waals surface area contributed by atoms with Crippen LogP contribution >= 0.6 is 12.4 Å². The van der Waals surface area contributed by atoms with E-state index in [2.05, 4.69) is 5.32 Å². The molecule has 0 spiro atoms. The Labute approximate surface area is 196 Å². The lowest BCUT2D eigenvalue weighted by Crippen LogP contribution is -2.45. The van der Waals surface area contributed by atoms with Crippen LogP contribution in [0.5, 0.6) is 0 Å². The van der Waals surface area contributed by atoms with E-state index in [-0.39, 0.29) is 54.9 Å². The predicted octanol–water partition coefficient (Wildman–Crippen LogP) is 0.861. The molecule has 0 aromatic rings. The van der Waals surface area contributed by atoms with Crippen molar-refractivity contribution in [3.8, 4) is 0 Å². The molecule has 2 fully saturated rings. The van der Waals surface area contributed by atoms with Gasteiger partial charge in [-0.3, -0.25) is 24.1 Å². The largest absolute Gasteiger partial charge is 0.444 e. The predicted molar refractivity (Wildman–Crippen MR) is 122 cm³/mol. The van der Waals surface area contributed by atoms with Gasteiger partial charge in [0.2, 0.25) is 11.8 Å². The van der Waals surface area contributed by atoms with E-state index in [1.165, 1.54) is 23.6 Å². The van der Waals surface area contributed by atoms with Crippen molar-refractivity contribution in [3.05, 3.63) is 0 Å². The third kappa shape index (κ3) is 9.12. The summed E-state index contributed by atoms with van der Waals surface area (Å²) in [6.07, 6.45) is 0.820. The van der Waals surface area contributed by atoms with Gasteiger partial charge in [-0.05, 0) is 54.5 Å². The van der Waals surface area contributed by atoms with Crippen molar-refractivity contribution in [2.75, 3.05) is 40.3 Å². The average Bonchev–Trinajstić information content (AvgIpc) is 3.16. The molecule has 10 nitrogen and oxygen atoms in total. The van der Waals surface area contributed by atoms with Crippen LogP contribution in [-0.2, 0) is 23.9 Å². The van der Waals surface area contributed by atoms with Crippen LogP contribution in [0.1, 0.15) is 47.5 Å². The van der Waals surface area contributed by atoms with Crippen LogP contribution in [0.15, 0.2) is 0 Å². The number of rotatable bonds is 6. The minimum absolute atomic E-state index is 0. The number of likely N-dealkylation sites (N-methyl/N-ethyl adjacent to an activating group) is 2. The molecule has 2 aliphatic rings. The highest BCUT2D eigenvalue weighted by Crippen LogP contribution is 2.18. The highest BCUT2D eigenvalue weighted by atomic mass is 35.5. The van der Waals surface area contributed by atoms with Gasteiger partial charge in [-0.1, -0.05) is 0 Å². The highest BCUT2D eigenvalue weighted by molar-refractivity contribution is 5.91. The zero-order valence-electron chi connectivity index (χ0n) is 20.1. The van der Waals surface area contributed by atoms with Crippen molar-refractivity contribution in [2.24, 2.45) is 0 Å². The van der Waals surface area contributed by atoms with Crippen molar-refractivity contribution in [3.63, 3.8) is 0 Å². The molecule has 0 aromatic heterocycles. The summed E-state index contributed by atoms with van der Waals surface area (Å²) in [6, 6.07) is -0.612. The summed E-state index contributed by atoms with van der Waals surface area (Å²) < 4.78 is 5.23. The van der Waals surface area contributed by atoms with E-state index < -0.39 is 17.7 Å². The fourth-order valence-corrected chi connectivity index (χ4v) is 3.40. The minimum atomic E-state index is -0.591. The smallest absolute Gasteiger partial charge is 0.410 e. The minimum Gasteiger partial charge on any atom is -0.444 e. The molecule has 0 aromatic carbocycles. The molecule has 2 unspecified atom stereocenters. The van der Waals surface area contributed by atoms with Crippen molar-refractivity contribution in [1.82, 2.24) is 20.0 Å².